The van der Waals surface area contributed by atoms with Gasteiger partial charge in [0.25, 0.3) is 0 Å². The van der Waals surface area contributed by atoms with E-state index in [1.54, 1.807) is 0 Å². The van der Waals surface area contributed by atoms with Gasteiger partial charge in [-0.25, -0.2) is 0 Å². The second kappa shape index (κ2) is 8.03. The molecule has 1 aromatic rings. The zero-order chi connectivity index (χ0) is 13.4. The topological polar surface area (TPSA) is 51.0 Å². The van der Waals surface area contributed by atoms with Crippen molar-refractivity contribution in [2.75, 3.05) is 6.54 Å². The Hall–Kier alpha value is -1.16. The van der Waals surface area contributed by atoms with E-state index < -0.39 is 0 Å². The highest BCUT2D eigenvalue weighted by Crippen LogP contribution is 2.13. The first kappa shape index (κ1) is 14.9. The van der Waals surface area contributed by atoms with Crippen molar-refractivity contribution in [1.82, 2.24) is 15.5 Å². The first-order valence-electron chi connectivity index (χ1n) is 6.81. The van der Waals surface area contributed by atoms with Gasteiger partial charge in [-0.3, -0.25) is 0 Å². The maximum Gasteiger partial charge on any atom is 0.229 e. The van der Waals surface area contributed by atoms with Gasteiger partial charge in [-0.05, 0) is 25.3 Å². The molecule has 0 saturated carbocycles. The second-order valence-corrected chi connectivity index (χ2v) is 4.97. The lowest BCUT2D eigenvalue weighted by molar-refractivity contribution is 0.359. The molecular formula is C14H25N3O. The molecule has 1 heterocycles. The predicted octanol–water partition coefficient (Wildman–Crippen LogP) is 3.28. The Morgan fingerprint density at radius 1 is 1.44 bits per heavy atom. The van der Waals surface area contributed by atoms with Crippen LogP contribution in [-0.4, -0.2) is 16.7 Å². The summed E-state index contributed by atoms with van der Waals surface area (Å²) in [6.45, 7) is 11.8. The lowest BCUT2D eigenvalue weighted by Gasteiger charge is -2.11. The molecule has 4 heteroatoms. The summed E-state index contributed by atoms with van der Waals surface area (Å²) < 4.78 is 5.15. The molecule has 0 radical (unpaired) electrons. The molecule has 0 spiro atoms. The number of allylic oxidation sites excluding steroid dienone is 1. The van der Waals surface area contributed by atoms with E-state index in [2.05, 4.69) is 29.0 Å². The lowest BCUT2D eigenvalue weighted by atomic mass is 9.99. The zero-order valence-electron chi connectivity index (χ0n) is 11.8. The van der Waals surface area contributed by atoms with E-state index in [0.29, 0.717) is 18.4 Å². The van der Waals surface area contributed by atoms with E-state index in [4.69, 9.17) is 4.52 Å². The van der Waals surface area contributed by atoms with Gasteiger partial charge in [0, 0.05) is 5.92 Å². The third-order valence-corrected chi connectivity index (χ3v) is 3.07. The maximum absolute atomic E-state index is 5.15. The summed E-state index contributed by atoms with van der Waals surface area (Å²) >= 11 is 0. The van der Waals surface area contributed by atoms with E-state index in [9.17, 15) is 0 Å². The van der Waals surface area contributed by atoms with Crippen LogP contribution >= 0.6 is 0 Å². The molecular weight excluding hydrogens is 226 g/mol. The summed E-state index contributed by atoms with van der Waals surface area (Å²) in [6.07, 6.45) is 5.46. The number of nitrogens with one attached hydrogen (secondary N) is 1. The third kappa shape index (κ3) is 5.00. The molecule has 0 saturated heterocycles. The fourth-order valence-corrected chi connectivity index (χ4v) is 1.80. The van der Waals surface area contributed by atoms with Gasteiger partial charge in [-0.1, -0.05) is 38.4 Å². The quantitative estimate of drug-likeness (QED) is 0.540. The molecule has 1 aromatic heterocycles. The monoisotopic (exact) mass is 251 g/mol. The number of aromatic nitrogens is 2. The van der Waals surface area contributed by atoms with E-state index in [1.165, 1.54) is 6.42 Å². The minimum atomic E-state index is 0.295. The molecule has 4 nitrogen and oxygen atoms in total. The fourth-order valence-electron chi connectivity index (χ4n) is 1.80. The smallest absolute Gasteiger partial charge is 0.229 e. The van der Waals surface area contributed by atoms with Gasteiger partial charge in [0.05, 0.1) is 6.54 Å². The fraction of sp³-hybridized carbons (Fsp3) is 0.714. The molecule has 102 valence electrons. The van der Waals surface area contributed by atoms with Crippen LogP contribution in [0.5, 0.6) is 0 Å². The van der Waals surface area contributed by atoms with Crippen LogP contribution in [0.25, 0.3) is 0 Å². The van der Waals surface area contributed by atoms with Crippen molar-refractivity contribution in [2.24, 2.45) is 5.92 Å². The maximum atomic E-state index is 5.15. The molecule has 0 aliphatic heterocycles. The normalized spacial score (nSPS) is 12.9. The Morgan fingerprint density at radius 3 is 2.78 bits per heavy atom. The van der Waals surface area contributed by atoms with E-state index in [0.717, 1.165) is 31.1 Å². The molecule has 0 aromatic carbocycles. The molecule has 1 N–H and O–H groups in total. The molecule has 1 atom stereocenters. The summed E-state index contributed by atoms with van der Waals surface area (Å²) in [6, 6.07) is 0. The van der Waals surface area contributed by atoms with E-state index in [1.807, 2.05) is 19.9 Å². The number of hydrogen-bond donors (Lipinski definition) is 1. The Labute approximate surface area is 110 Å². The van der Waals surface area contributed by atoms with Crippen molar-refractivity contribution < 1.29 is 4.52 Å². The Morgan fingerprint density at radius 2 is 2.22 bits per heavy atom. The predicted molar refractivity (Wildman–Crippen MR) is 73.3 cm³/mol. The van der Waals surface area contributed by atoms with Crippen LogP contribution in [0.2, 0.25) is 0 Å². The molecule has 0 bridgehead atoms. The van der Waals surface area contributed by atoms with Crippen molar-refractivity contribution in [3.05, 3.63) is 24.4 Å². The highest BCUT2D eigenvalue weighted by atomic mass is 16.5. The molecule has 1 unspecified atom stereocenters. The highest BCUT2D eigenvalue weighted by molar-refractivity contribution is 4.90. The molecule has 18 heavy (non-hydrogen) atoms. The van der Waals surface area contributed by atoms with Gasteiger partial charge in [0.2, 0.25) is 5.89 Å². The summed E-state index contributed by atoms with van der Waals surface area (Å²) in [7, 11) is 0. The molecule has 1 rings (SSSR count). The van der Waals surface area contributed by atoms with Gasteiger partial charge in [-0.15, -0.1) is 6.58 Å². The van der Waals surface area contributed by atoms with Crippen molar-refractivity contribution in [3.63, 3.8) is 0 Å². The molecule has 0 aliphatic rings. The van der Waals surface area contributed by atoms with Crippen molar-refractivity contribution >= 4 is 0 Å². The highest BCUT2D eigenvalue weighted by Gasteiger charge is 2.09. The van der Waals surface area contributed by atoms with E-state index >= 15 is 0 Å². The van der Waals surface area contributed by atoms with Crippen molar-refractivity contribution in [1.29, 1.82) is 0 Å². The van der Waals surface area contributed by atoms with Crippen LogP contribution in [0.1, 0.15) is 57.7 Å². The standard InChI is InChI=1S/C14H25N3O/c1-5-7-12(6-2)8-9-15-10-13-16-14(11(3)4)18-17-13/h5,11-12,15H,1,6-10H2,2-4H3. The van der Waals surface area contributed by atoms with Crippen LogP contribution in [0.3, 0.4) is 0 Å². The largest absolute Gasteiger partial charge is 0.339 e. The van der Waals surface area contributed by atoms with E-state index in [-0.39, 0.29) is 0 Å². The SMILES string of the molecule is C=CCC(CC)CCNCc1noc(C(C)C)n1. The van der Waals surface area contributed by atoms with Crippen LogP contribution in [0.4, 0.5) is 0 Å². The Bertz CT molecular complexity index is 347. The number of hydrogen-bond acceptors (Lipinski definition) is 4. The zero-order valence-corrected chi connectivity index (χ0v) is 11.8. The average molecular weight is 251 g/mol. The van der Waals surface area contributed by atoms with Crippen molar-refractivity contribution in [2.45, 2.75) is 52.5 Å². The van der Waals surface area contributed by atoms with Gasteiger partial charge in [-0.2, -0.15) is 4.98 Å². The number of nitrogens with zero attached hydrogens (tertiary/aromatic N) is 2. The Balaban J connectivity index is 2.22. The van der Waals surface area contributed by atoms with Crippen LogP contribution in [0.15, 0.2) is 17.2 Å². The average Bonchev–Trinajstić information content (AvgIpc) is 2.82. The van der Waals surface area contributed by atoms with Gasteiger partial charge >= 0.3 is 0 Å². The summed E-state index contributed by atoms with van der Waals surface area (Å²) in [5, 5.41) is 7.30. The van der Waals surface area contributed by atoms with Crippen LogP contribution in [-0.2, 0) is 6.54 Å². The van der Waals surface area contributed by atoms with Crippen molar-refractivity contribution in [3.8, 4) is 0 Å². The second-order valence-electron chi connectivity index (χ2n) is 4.97. The third-order valence-electron chi connectivity index (χ3n) is 3.07. The molecule has 0 fully saturated rings. The van der Waals surface area contributed by atoms with Gasteiger partial charge < -0.3 is 9.84 Å². The first-order chi connectivity index (χ1) is 8.67. The van der Waals surface area contributed by atoms with Gasteiger partial charge in [0.15, 0.2) is 5.82 Å². The van der Waals surface area contributed by atoms with Crippen LogP contribution < -0.4 is 5.32 Å². The summed E-state index contributed by atoms with van der Waals surface area (Å²) in [5.41, 5.74) is 0. The molecule has 0 amide bonds. The van der Waals surface area contributed by atoms with Gasteiger partial charge in [0.1, 0.15) is 0 Å². The summed E-state index contributed by atoms with van der Waals surface area (Å²) in [4.78, 5) is 4.33. The molecule has 0 aliphatic carbocycles. The summed E-state index contributed by atoms with van der Waals surface area (Å²) in [5.74, 6) is 2.48. The Kier molecular flexibility index (Phi) is 6.65. The minimum Gasteiger partial charge on any atom is -0.339 e. The minimum absolute atomic E-state index is 0.295. The first-order valence-corrected chi connectivity index (χ1v) is 6.81. The van der Waals surface area contributed by atoms with Crippen LogP contribution in [0, 0.1) is 5.92 Å². The lowest BCUT2D eigenvalue weighted by Crippen LogP contribution is -2.18. The number of rotatable bonds is 9.